The molecule has 3 heteroatoms. The fourth-order valence-corrected chi connectivity index (χ4v) is 2.85. The van der Waals surface area contributed by atoms with Gasteiger partial charge in [0.05, 0.1) is 0 Å². The molecule has 1 saturated heterocycles. The number of unbranched alkanes of at least 4 members (excludes halogenated alkanes) is 1. The molecule has 0 spiro atoms. The van der Waals surface area contributed by atoms with Gasteiger partial charge >= 0.3 is 0 Å². The summed E-state index contributed by atoms with van der Waals surface area (Å²) in [6.07, 6.45) is 3.74. The van der Waals surface area contributed by atoms with Crippen LogP contribution in [0.2, 0.25) is 0 Å². The van der Waals surface area contributed by atoms with Crippen LogP contribution in [0.3, 0.4) is 0 Å². The number of piperazine rings is 1. The van der Waals surface area contributed by atoms with E-state index < -0.39 is 0 Å². The van der Waals surface area contributed by atoms with E-state index in [2.05, 4.69) is 47.2 Å². The summed E-state index contributed by atoms with van der Waals surface area (Å²) in [4.78, 5) is 4.96. The molecule has 0 radical (unpaired) electrons. The van der Waals surface area contributed by atoms with E-state index in [-0.39, 0.29) is 0 Å². The van der Waals surface area contributed by atoms with Crippen LogP contribution in [0.15, 0.2) is 30.3 Å². The predicted octanol–water partition coefficient (Wildman–Crippen LogP) is 1.58. The summed E-state index contributed by atoms with van der Waals surface area (Å²) in [6, 6.07) is 11.3. The lowest BCUT2D eigenvalue weighted by atomic mass is 10.1. The van der Waals surface area contributed by atoms with Gasteiger partial charge in [0.25, 0.3) is 0 Å². The quantitative estimate of drug-likeness (QED) is 0.789. The molecule has 106 valence electrons. The third-order valence-corrected chi connectivity index (χ3v) is 4.08. The minimum atomic E-state index is 0.551. The number of nitrogens with two attached hydrogens (primary N) is 1. The zero-order valence-corrected chi connectivity index (χ0v) is 12.1. The number of nitrogens with zero attached hydrogens (tertiary/aromatic N) is 2. The van der Waals surface area contributed by atoms with Crippen molar-refractivity contribution in [3.05, 3.63) is 35.9 Å². The Morgan fingerprint density at radius 2 is 1.95 bits per heavy atom. The normalized spacial score (nSPS) is 21.7. The minimum absolute atomic E-state index is 0.551. The summed E-state index contributed by atoms with van der Waals surface area (Å²) in [6.45, 7) is 5.44. The lowest BCUT2D eigenvalue weighted by molar-refractivity contribution is 0.0929. The summed E-state index contributed by atoms with van der Waals surface area (Å²) in [5, 5.41) is 0. The molecule has 1 atom stereocenters. The molecule has 2 N–H and O–H groups in total. The van der Waals surface area contributed by atoms with E-state index in [1.165, 1.54) is 44.5 Å². The number of hydrogen-bond acceptors (Lipinski definition) is 3. The lowest BCUT2D eigenvalue weighted by Crippen LogP contribution is -2.54. The molecule has 1 unspecified atom stereocenters. The summed E-state index contributed by atoms with van der Waals surface area (Å²) in [5.41, 5.74) is 7.34. The van der Waals surface area contributed by atoms with Gasteiger partial charge in [0.2, 0.25) is 0 Å². The van der Waals surface area contributed by atoms with Crippen LogP contribution in [0.25, 0.3) is 0 Å². The smallest absolute Gasteiger partial charge is 0.0346 e. The van der Waals surface area contributed by atoms with Crippen LogP contribution in [-0.4, -0.2) is 55.6 Å². The van der Waals surface area contributed by atoms with E-state index in [0.29, 0.717) is 6.04 Å². The van der Waals surface area contributed by atoms with Crippen molar-refractivity contribution >= 4 is 0 Å². The molecule has 0 amide bonds. The SMILES string of the molecule is CN1CCN(CCCCc2ccccc2)C(CN)C1. The summed E-state index contributed by atoms with van der Waals surface area (Å²) >= 11 is 0. The van der Waals surface area contributed by atoms with Crippen molar-refractivity contribution < 1.29 is 0 Å². The summed E-state index contributed by atoms with van der Waals surface area (Å²) in [7, 11) is 2.19. The molecule has 1 fully saturated rings. The second-order valence-corrected chi connectivity index (χ2v) is 5.63. The van der Waals surface area contributed by atoms with Gasteiger partial charge in [0.1, 0.15) is 0 Å². The maximum atomic E-state index is 5.88. The topological polar surface area (TPSA) is 32.5 Å². The van der Waals surface area contributed by atoms with Gasteiger partial charge in [-0.05, 0) is 38.4 Å². The molecule has 1 aromatic rings. The number of likely N-dealkylation sites (N-methyl/N-ethyl adjacent to an activating group) is 1. The van der Waals surface area contributed by atoms with E-state index in [1.807, 2.05) is 0 Å². The first-order chi connectivity index (χ1) is 9.29. The van der Waals surface area contributed by atoms with Crippen LogP contribution < -0.4 is 5.73 Å². The second kappa shape index (κ2) is 7.63. The fourth-order valence-electron chi connectivity index (χ4n) is 2.85. The van der Waals surface area contributed by atoms with Crippen LogP contribution in [0.1, 0.15) is 18.4 Å². The first-order valence-electron chi connectivity index (χ1n) is 7.46. The first-order valence-corrected chi connectivity index (χ1v) is 7.46. The van der Waals surface area contributed by atoms with Gasteiger partial charge in [-0.15, -0.1) is 0 Å². The molecule has 3 nitrogen and oxygen atoms in total. The Labute approximate surface area is 117 Å². The second-order valence-electron chi connectivity index (χ2n) is 5.63. The highest BCUT2D eigenvalue weighted by atomic mass is 15.3. The van der Waals surface area contributed by atoms with Crippen LogP contribution in [0, 0.1) is 0 Å². The highest BCUT2D eigenvalue weighted by Gasteiger charge is 2.23. The standard InChI is InChI=1S/C16H27N3/c1-18-11-12-19(16(13-17)14-18)10-6-5-9-15-7-3-2-4-8-15/h2-4,7-8,16H,5-6,9-14,17H2,1H3. The Bertz CT molecular complexity index is 352. The Kier molecular flexibility index (Phi) is 5.83. The molecule has 1 aromatic carbocycles. The summed E-state index contributed by atoms with van der Waals surface area (Å²) in [5.74, 6) is 0. The number of hydrogen-bond donors (Lipinski definition) is 1. The van der Waals surface area contributed by atoms with Gasteiger partial charge in [-0.1, -0.05) is 30.3 Å². The zero-order valence-electron chi connectivity index (χ0n) is 12.1. The van der Waals surface area contributed by atoms with Gasteiger partial charge in [-0.3, -0.25) is 4.90 Å². The van der Waals surface area contributed by atoms with Gasteiger partial charge in [-0.2, -0.15) is 0 Å². The van der Waals surface area contributed by atoms with Crippen molar-refractivity contribution in [2.75, 3.05) is 39.8 Å². The Hall–Kier alpha value is -0.900. The first kappa shape index (κ1) is 14.5. The Balaban J connectivity index is 1.67. The molecular formula is C16H27N3. The summed E-state index contributed by atoms with van der Waals surface area (Å²) < 4.78 is 0. The number of aryl methyl sites for hydroxylation is 1. The van der Waals surface area contributed by atoms with E-state index in [1.54, 1.807) is 0 Å². The lowest BCUT2D eigenvalue weighted by Gasteiger charge is -2.39. The highest BCUT2D eigenvalue weighted by Crippen LogP contribution is 2.10. The molecule has 0 saturated carbocycles. The van der Waals surface area contributed by atoms with Crippen LogP contribution in [0.4, 0.5) is 0 Å². The molecule has 0 aromatic heterocycles. The van der Waals surface area contributed by atoms with E-state index >= 15 is 0 Å². The molecular weight excluding hydrogens is 234 g/mol. The van der Waals surface area contributed by atoms with Gasteiger partial charge < -0.3 is 10.6 Å². The van der Waals surface area contributed by atoms with E-state index in [9.17, 15) is 0 Å². The van der Waals surface area contributed by atoms with Gasteiger partial charge in [0.15, 0.2) is 0 Å². The molecule has 1 heterocycles. The number of rotatable bonds is 6. The average Bonchev–Trinajstić information content (AvgIpc) is 2.46. The van der Waals surface area contributed by atoms with Crippen LogP contribution >= 0.6 is 0 Å². The van der Waals surface area contributed by atoms with Crippen molar-refractivity contribution in [2.45, 2.75) is 25.3 Å². The molecule has 19 heavy (non-hydrogen) atoms. The molecule has 0 bridgehead atoms. The zero-order chi connectivity index (χ0) is 13.5. The van der Waals surface area contributed by atoms with Crippen molar-refractivity contribution in [3.63, 3.8) is 0 Å². The fraction of sp³-hybridized carbons (Fsp3) is 0.625. The molecule has 1 aliphatic heterocycles. The third kappa shape index (κ3) is 4.60. The third-order valence-electron chi connectivity index (χ3n) is 4.08. The van der Waals surface area contributed by atoms with E-state index in [0.717, 1.165) is 13.1 Å². The maximum Gasteiger partial charge on any atom is 0.0346 e. The largest absolute Gasteiger partial charge is 0.329 e. The van der Waals surface area contributed by atoms with Gasteiger partial charge in [-0.25, -0.2) is 0 Å². The predicted molar refractivity (Wildman–Crippen MR) is 81.3 cm³/mol. The Morgan fingerprint density at radius 3 is 2.68 bits per heavy atom. The van der Waals surface area contributed by atoms with Crippen LogP contribution in [0.5, 0.6) is 0 Å². The maximum absolute atomic E-state index is 5.88. The average molecular weight is 261 g/mol. The molecule has 1 aliphatic rings. The molecule has 0 aliphatic carbocycles. The Morgan fingerprint density at radius 1 is 1.16 bits per heavy atom. The van der Waals surface area contributed by atoms with Crippen molar-refractivity contribution in [3.8, 4) is 0 Å². The van der Waals surface area contributed by atoms with Crippen LogP contribution in [-0.2, 0) is 6.42 Å². The van der Waals surface area contributed by atoms with Gasteiger partial charge in [0, 0.05) is 32.2 Å². The number of benzene rings is 1. The van der Waals surface area contributed by atoms with Crippen molar-refractivity contribution in [1.82, 2.24) is 9.80 Å². The highest BCUT2D eigenvalue weighted by molar-refractivity contribution is 5.14. The van der Waals surface area contributed by atoms with Crippen molar-refractivity contribution in [2.24, 2.45) is 5.73 Å². The molecule has 2 rings (SSSR count). The monoisotopic (exact) mass is 261 g/mol. The van der Waals surface area contributed by atoms with Crippen molar-refractivity contribution in [1.29, 1.82) is 0 Å². The van der Waals surface area contributed by atoms with E-state index in [4.69, 9.17) is 5.73 Å². The minimum Gasteiger partial charge on any atom is -0.329 e.